The lowest BCUT2D eigenvalue weighted by Crippen LogP contribution is -2.12. The molecule has 0 radical (unpaired) electrons. The molecule has 3 aromatic rings. The van der Waals surface area contributed by atoms with Gasteiger partial charge in [-0.1, -0.05) is 67.9 Å². The summed E-state index contributed by atoms with van der Waals surface area (Å²) >= 11 is 6.20. The summed E-state index contributed by atoms with van der Waals surface area (Å²) in [5, 5.41) is 3.64. The van der Waals surface area contributed by atoms with Gasteiger partial charge in [-0.25, -0.2) is 0 Å². The molecule has 0 aliphatic heterocycles. The second kappa shape index (κ2) is 6.11. The molecule has 0 bridgehead atoms. The maximum atomic E-state index is 12.6. The molecule has 0 unspecified atom stereocenters. The van der Waals surface area contributed by atoms with E-state index in [0.717, 1.165) is 16.2 Å². The number of hydrogen-bond donors (Lipinski definition) is 0. The molecule has 5 heteroatoms. The lowest BCUT2D eigenvalue weighted by atomic mass is 10.0. The second-order valence-corrected chi connectivity index (χ2v) is 7.85. The summed E-state index contributed by atoms with van der Waals surface area (Å²) in [5.41, 5.74) is 0. The minimum absolute atomic E-state index is 0.0445. The van der Waals surface area contributed by atoms with Crippen LogP contribution in [0.5, 0.6) is 0 Å². The Balaban J connectivity index is 2.28. The van der Waals surface area contributed by atoms with Crippen LogP contribution >= 0.6 is 11.6 Å². The van der Waals surface area contributed by atoms with Gasteiger partial charge in [0.05, 0.1) is 11.6 Å². The molecule has 0 aromatic heterocycles. The molecule has 0 aliphatic rings. The van der Waals surface area contributed by atoms with E-state index in [2.05, 4.69) is 0 Å². The van der Waals surface area contributed by atoms with E-state index < -0.39 is 10.1 Å². The van der Waals surface area contributed by atoms with Crippen molar-refractivity contribution in [3.8, 4) is 0 Å². The van der Waals surface area contributed by atoms with Crippen LogP contribution < -0.4 is 0 Å². The molecule has 3 rings (SSSR count). The average molecular weight is 349 g/mol. The van der Waals surface area contributed by atoms with E-state index in [4.69, 9.17) is 15.8 Å². The molecule has 0 spiro atoms. The summed E-state index contributed by atoms with van der Waals surface area (Å²) < 4.78 is 30.4. The van der Waals surface area contributed by atoms with Gasteiger partial charge < -0.3 is 0 Å². The van der Waals surface area contributed by atoms with Crippen molar-refractivity contribution >= 4 is 43.3 Å². The fraction of sp³-hybridized carbons (Fsp3) is 0.222. The number of halogens is 1. The van der Waals surface area contributed by atoms with Crippen LogP contribution in [0.2, 0.25) is 5.02 Å². The Labute approximate surface area is 141 Å². The van der Waals surface area contributed by atoms with Gasteiger partial charge in [0.15, 0.2) is 0 Å². The normalized spacial score (nSPS) is 12.3. The van der Waals surface area contributed by atoms with Crippen molar-refractivity contribution in [3.05, 3.63) is 53.6 Å². The van der Waals surface area contributed by atoms with Gasteiger partial charge in [-0.2, -0.15) is 8.42 Å². The molecular formula is C18H17ClO3S. The van der Waals surface area contributed by atoms with Crippen LogP contribution in [0.1, 0.15) is 13.8 Å². The van der Waals surface area contributed by atoms with Crippen LogP contribution in [0.3, 0.4) is 0 Å². The Morgan fingerprint density at radius 1 is 0.957 bits per heavy atom. The first kappa shape index (κ1) is 16.2. The predicted octanol–water partition coefficient (Wildman–Crippen LogP) is 5.01. The summed E-state index contributed by atoms with van der Waals surface area (Å²) in [6.45, 7) is 3.92. The number of hydrogen-bond acceptors (Lipinski definition) is 3. The number of rotatable bonds is 4. The van der Waals surface area contributed by atoms with Gasteiger partial charge in [0.25, 0.3) is 10.1 Å². The summed E-state index contributed by atoms with van der Waals surface area (Å²) in [5.74, 6) is 0.111. The van der Waals surface area contributed by atoms with Gasteiger partial charge in [-0.05, 0) is 28.1 Å². The van der Waals surface area contributed by atoms with Crippen LogP contribution in [-0.4, -0.2) is 15.0 Å². The van der Waals surface area contributed by atoms with E-state index in [1.54, 1.807) is 12.1 Å². The maximum absolute atomic E-state index is 12.6. The number of benzene rings is 3. The molecule has 23 heavy (non-hydrogen) atoms. The Bertz CT molecular complexity index is 978. The van der Waals surface area contributed by atoms with Crippen molar-refractivity contribution in [2.75, 3.05) is 6.61 Å². The molecule has 0 atom stereocenters. The van der Waals surface area contributed by atoms with Crippen molar-refractivity contribution < 1.29 is 12.6 Å². The van der Waals surface area contributed by atoms with Crippen molar-refractivity contribution in [1.29, 1.82) is 0 Å². The van der Waals surface area contributed by atoms with Crippen LogP contribution in [0.25, 0.3) is 21.5 Å². The van der Waals surface area contributed by atoms with Crippen molar-refractivity contribution in [2.24, 2.45) is 5.92 Å². The molecule has 120 valence electrons. The maximum Gasteiger partial charge on any atom is 0.299 e. The zero-order chi connectivity index (χ0) is 16.6. The third-order valence-corrected chi connectivity index (χ3v) is 5.45. The first-order valence-corrected chi connectivity index (χ1v) is 9.18. The highest BCUT2D eigenvalue weighted by molar-refractivity contribution is 7.87. The predicted molar refractivity (Wildman–Crippen MR) is 94.4 cm³/mol. The molecule has 3 aromatic carbocycles. The number of fused-ring (bicyclic) bond motifs is 3. The second-order valence-electron chi connectivity index (χ2n) is 5.89. The Hall–Kier alpha value is -1.62. The minimum atomic E-state index is -3.91. The van der Waals surface area contributed by atoms with Crippen LogP contribution in [0.4, 0.5) is 0 Å². The van der Waals surface area contributed by atoms with Crippen LogP contribution in [0, 0.1) is 5.92 Å². The van der Waals surface area contributed by atoms with Gasteiger partial charge in [-0.15, -0.1) is 0 Å². The molecule has 0 saturated carbocycles. The highest BCUT2D eigenvalue weighted by Gasteiger charge is 2.23. The van der Waals surface area contributed by atoms with Crippen molar-refractivity contribution in [1.82, 2.24) is 0 Å². The molecule has 0 amide bonds. The monoisotopic (exact) mass is 348 g/mol. The summed E-state index contributed by atoms with van der Waals surface area (Å²) in [4.78, 5) is 0.0445. The molecule has 0 N–H and O–H groups in total. The van der Waals surface area contributed by atoms with Gasteiger partial charge in [0.2, 0.25) is 0 Å². The molecule has 0 fully saturated rings. The lowest BCUT2D eigenvalue weighted by Gasteiger charge is -2.13. The molecular weight excluding hydrogens is 332 g/mol. The van der Waals surface area contributed by atoms with Gasteiger partial charge in [0.1, 0.15) is 4.90 Å². The highest BCUT2D eigenvalue weighted by Crippen LogP contribution is 2.35. The third-order valence-electron chi connectivity index (χ3n) is 3.64. The SMILES string of the molecule is CC(C)COS(=O)(=O)c1c(Cl)ccc2c1ccc1ccccc12. The van der Waals surface area contributed by atoms with E-state index >= 15 is 0 Å². The first-order chi connectivity index (χ1) is 10.9. The third kappa shape index (κ3) is 3.07. The van der Waals surface area contributed by atoms with Crippen LogP contribution in [-0.2, 0) is 14.3 Å². The van der Waals surface area contributed by atoms with E-state index in [1.165, 1.54) is 0 Å². The van der Waals surface area contributed by atoms with E-state index in [0.29, 0.717) is 5.39 Å². The Morgan fingerprint density at radius 2 is 1.65 bits per heavy atom. The zero-order valence-corrected chi connectivity index (χ0v) is 14.5. The van der Waals surface area contributed by atoms with E-state index in [-0.39, 0.29) is 22.4 Å². The summed E-state index contributed by atoms with van der Waals surface area (Å²) in [7, 11) is -3.91. The fourth-order valence-electron chi connectivity index (χ4n) is 2.57. The molecule has 0 heterocycles. The highest BCUT2D eigenvalue weighted by atomic mass is 35.5. The zero-order valence-electron chi connectivity index (χ0n) is 12.9. The Morgan fingerprint density at radius 3 is 2.39 bits per heavy atom. The molecule has 0 saturated heterocycles. The quantitative estimate of drug-likeness (QED) is 0.492. The molecule has 0 aliphatic carbocycles. The Kier molecular flexibility index (Phi) is 4.32. The van der Waals surface area contributed by atoms with Gasteiger partial charge in [0, 0.05) is 5.39 Å². The largest absolute Gasteiger partial charge is 0.299 e. The first-order valence-electron chi connectivity index (χ1n) is 7.39. The minimum Gasteiger partial charge on any atom is -0.266 e. The summed E-state index contributed by atoms with van der Waals surface area (Å²) in [6, 6.07) is 15.0. The lowest BCUT2D eigenvalue weighted by molar-refractivity contribution is 0.275. The van der Waals surface area contributed by atoms with Gasteiger partial charge >= 0.3 is 0 Å². The van der Waals surface area contributed by atoms with E-state index in [9.17, 15) is 8.42 Å². The van der Waals surface area contributed by atoms with E-state index in [1.807, 2.05) is 50.2 Å². The fourth-order valence-corrected chi connectivity index (χ4v) is 4.34. The average Bonchev–Trinajstić information content (AvgIpc) is 2.52. The standard InChI is InChI=1S/C18H17ClO3S/c1-12(2)11-22-23(20,21)18-16-8-7-13-5-3-4-6-14(13)15(16)9-10-17(18)19/h3-10,12H,11H2,1-2H3. The van der Waals surface area contributed by atoms with Crippen molar-refractivity contribution in [3.63, 3.8) is 0 Å². The van der Waals surface area contributed by atoms with Crippen molar-refractivity contribution in [2.45, 2.75) is 18.7 Å². The van der Waals surface area contributed by atoms with Gasteiger partial charge in [-0.3, -0.25) is 4.18 Å². The smallest absolute Gasteiger partial charge is 0.266 e. The van der Waals surface area contributed by atoms with Crippen LogP contribution in [0.15, 0.2) is 53.4 Å². The summed E-state index contributed by atoms with van der Waals surface area (Å²) in [6.07, 6.45) is 0. The molecule has 3 nitrogen and oxygen atoms in total. The topological polar surface area (TPSA) is 43.4 Å².